The third-order valence-corrected chi connectivity index (χ3v) is 2.05. The number of rotatable bonds is 1. The molecule has 0 aliphatic rings. The van der Waals surface area contributed by atoms with Crippen LogP contribution in [0.25, 0.3) is 0 Å². The van der Waals surface area contributed by atoms with Crippen LogP contribution >= 0.6 is 28.3 Å². The molecule has 1 atom stereocenters. The van der Waals surface area contributed by atoms with Crippen LogP contribution in [0.15, 0.2) is 22.7 Å². The average Bonchev–Trinajstić information content (AvgIpc) is 1.99. The summed E-state index contributed by atoms with van der Waals surface area (Å²) in [6.07, 6.45) is -4.56. The lowest BCUT2D eigenvalue weighted by Crippen LogP contribution is -2.28. The Labute approximate surface area is 98.2 Å². The maximum atomic E-state index is 12.7. The molecule has 0 fully saturated rings. The van der Waals surface area contributed by atoms with Gasteiger partial charge in [0, 0.05) is 4.47 Å². The second-order valence-corrected chi connectivity index (χ2v) is 3.64. The van der Waals surface area contributed by atoms with Crippen LogP contribution in [-0.2, 0) is 0 Å². The van der Waals surface area contributed by atoms with E-state index in [9.17, 15) is 17.6 Å². The van der Waals surface area contributed by atoms with E-state index in [1.54, 1.807) is 0 Å². The van der Waals surface area contributed by atoms with Gasteiger partial charge in [-0.3, -0.25) is 0 Å². The van der Waals surface area contributed by atoms with Crippen LogP contribution in [0.1, 0.15) is 11.6 Å². The van der Waals surface area contributed by atoms with E-state index in [0.717, 1.165) is 18.2 Å². The second kappa shape index (κ2) is 5.14. The molecule has 0 amide bonds. The highest BCUT2D eigenvalue weighted by atomic mass is 79.9. The molecule has 0 saturated carbocycles. The first-order valence-corrected chi connectivity index (χ1v) is 4.38. The predicted molar refractivity (Wildman–Crippen MR) is 54.3 cm³/mol. The van der Waals surface area contributed by atoms with Crippen LogP contribution in [0.3, 0.4) is 0 Å². The quantitative estimate of drug-likeness (QED) is 0.789. The fourth-order valence-electron chi connectivity index (χ4n) is 0.944. The molecule has 1 aromatic rings. The van der Waals surface area contributed by atoms with Crippen molar-refractivity contribution in [2.45, 2.75) is 12.2 Å². The summed E-state index contributed by atoms with van der Waals surface area (Å²) in [6.45, 7) is 0. The standard InChI is InChI=1S/C8H6BrF4N.ClH/c9-5-1-4(2-6(10)3-5)7(14)8(11,12)13;/h1-3,7H,14H2;1H/t7-;/m1./s1. The van der Waals surface area contributed by atoms with Crippen molar-refractivity contribution >= 4 is 28.3 Å². The summed E-state index contributed by atoms with van der Waals surface area (Å²) in [5.74, 6) is -0.755. The minimum absolute atomic E-state index is 0. The Hall–Kier alpha value is -0.330. The third-order valence-electron chi connectivity index (χ3n) is 1.60. The molecular weight excluding hydrogens is 301 g/mol. The lowest BCUT2D eigenvalue weighted by Gasteiger charge is -2.15. The van der Waals surface area contributed by atoms with E-state index >= 15 is 0 Å². The van der Waals surface area contributed by atoms with Gasteiger partial charge in [-0.15, -0.1) is 12.4 Å². The molecule has 0 unspecified atom stereocenters. The summed E-state index contributed by atoms with van der Waals surface area (Å²) in [7, 11) is 0. The maximum Gasteiger partial charge on any atom is 0.407 e. The molecule has 0 aromatic heterocycles. The van der Waals surface area contributed by atoms with Crippen molar-refractivity contribution in [3.63, 3.8) is 0 Å². The van der Waals surface area contributed by atoms with Crippen molar-refractivity contribution in [1.29, 1.82) is 0 Å². The van der Waals surface area contributed by atoms with Crippen LogP contribution < -0.4 is 5.73 Å². The zero-order valence-corrected chi connectivity index (χ0v) is 9.59. The topological polar surface area (TPSA) is 26.0 Å². The SMILES string of the molecule is Cl.N[C@H](c1cc(F)cc(Br)c1)C(F)(F)F. The molecule has 0 aliphatic carbocycles. The number of nitrogens with two attached hydrogens (primary N) is 1. The summed E-state index contributed by atoms with van der Waals surface area (Å²) in [6, 6.07) is 0.811. The first-order valence-electron chi connectivity index (χ1n) is 3.59. The fraction of sp³-hybridized carbons (Fsp3) is 0.250. The largest absolute Gasteiger partial charge is 0.407 e. The fourth-order valence-corrected chi connectivity index (χ4v) is 1.43. The summed E-state index contributed by atoms with van der Waals surface area (Å²) in [5, 5.41) is 0. The van der Waals surface area contributed by atoms with E-state index in [0.29, 0.717) is 0 Å². The van der Waals surface area contributed by atoms with Crippen LogP contribution in [0.4, 0.5) is 17.6 Å². The monoisotopic (exact) mass is 307 g/mol. The van der Waals surface area contributed by atoms with Gasteiger partial charge < -0.3 is 5.73 Å². The van der Waals surface area contributed by atoms with Gasteiger partial charge in [0.15, 0.2) is 0 Å². The van der Waals surface area contributed by atoms with Crippen molar-refractivity contribution in [3.8, 4) is 0 Å². The Morgan fingerprint density at radius 2 is 1.73 bits per heavy atom. The van der Waals surface area contributed by atoms with Gasteiger partial charge in [0.05, 0.1) is 0 Å². The van der Waals surface area contributed by atoms with Crippen molar-refractivity contribution in [2.75, 3.05) is 0 Å². The molecule has 86 valence electrons. The van der Waals surface area contributed by atoms with Gasteiger partial charge in [-0.1, -0.05) is 15.9 Å². The number of alkyl halides is 3. The second-order valence-electron chi connectivity index (χ2n) is 2.72. The number of hydrogen-bond acceptors (Lipinski definition) is 1. The van der Waals surface area contributed by atoms with Gasteiger partial charge in [-0.25, -0.2) is 4.39 Å². The molecule has 15 heavy (non-hydrogen) atoms. The Kier molecular flexibility index (Phi) is 5.02. The molecule has 1 rings (SSSR count). The van der Waals surface area contributed by atoms with Gasteiger partial charge in [0.1, 0.15) is 11.9 Å². The molecule has 0 radical (unpaired) electrons. The number of benzene rings is 1. The van der Waals surface area contributed by atoms with Crippen LogP contribution in [0.5, 0.6) is 0 Å². The summed E-state index contributed by atoms with van der Waals surface area (Å²) in [5.41, 5.74) is 4.60. The van der Waals surface area contributed by atoms with Crippen LogP contribution in [-0.4, -0.2) is 6.18 Å². The lowest BCUT2D eigenvalue weighted by atomic mass is 10.1. The summed E-state index contributed by atoms with van der Waals surface area (Å²) >= 11 is 2.89. The highest BCUT2D eigenvalue weighted by Crippen LogP contribution is 2.31. The van der Waals surface area contributed by atoms with E-state index in [2.05, 4.69) is 15.9 Å². The highest BCUT2D eigenvalue weighted by molar-refractivity contribution is 9.10. The van der Waals surface area contributed by atoms with E-state index in [-0.39, 0.29) is 22.4 Å². The van der Waals surface area contributed by atoms with Gasteiger partial charge in [-0.2, -0.15) is 13.2 Å². The molecule has 0 spiro atoms. The third kappa shape index (κ3) is 3.96. The average molecular weight is 308 g/mol. The minimum atomic E-state index is -4.56. The van der Waals surface area contributed by atoms with Gasteiger partial charge in [0.2, 0.25) is 0 Å². The summed E-state index contributed by atoms with van der Waals surface area (Å²) < 4.78 is 49.4. The predicted octanol–water partition coefficient (Wildman–Crippen LogP) is 3.57. The molecule has 0 saturated heterocycles. The molecule has 0 bridgehead atoms. The zero-order chi connectivity index (χ0) is 10.9. The molecule has 0 heterocycles. The molecule has 7 heteroatoms. The molecule has 0 aliphatic heterocycles. The van der Waals surface area contributed by atoms with Crippen molar-refractivity contribution in [1.82, 2.24) is 0 Å². The van der Waals surface area contributed by atoms with Crippen molar-refractivity contribution in [3.05, 3.63) is 34.1 Å². The van der Waals surface area contributed by atoms with Gasteiger partial charge in [0.25, 0.3) is 0 Å². The number of halogens is 6. The first kappa shape index (κ1) is 14.7. The van der Waals surface area contributed by atoms with E-state index in [4.69, 9.17) is 5.73 Å². The highest BCUT2D eigenvalue weighted by Gasteiger charge is 2.38. The van der Waals surface area contributed by atoms with Crippen molar-refractivity contribution in [2.24, 2.45) is 5.73 Å². The number of hydrogen-bond donors (Lipinski definition) is 1. The Bertz CT molecular complexity index is 322. The zero-order valence-electron chi connectivity index (χ0n) is 7.18. The van der Waals surface area contributed by atoms with Crippen LogP contribution in [0.2, 0.25) is 0 Å². The Balaban J connectivity index is 0.00000196. The smallest absolute Gasteiger partial charge is 0.316 e. The molecule has 1 aromatic carbocycles. The van der Waals surface area contributed by atoms with E-state index < -0.39 is 18.0 Å². The van der Waals surface area contributed by atoms with Crippen LogP contribution in [0, 0.1) is 5.82 Å². The van der Waals surface area contributed by atoms with E-state index in [1.807, 2.05) is 0 Å². The lowest BCUT2D eigenvalue weighted by molar-refractivity contribution is -0.149. The van der Waals surface area contributed by atoms with E-state index in [1.165, 1.54) is 0 Å². The minimum Gasteiger partial charge on any atom is -0.316 e. The van der Waals surface area contributed by atoms with Gasteiger partial charge in [-0.05, 0) is 23.8 Å². The Morgan fingerprint density at radius 3 is 2.13 bits per heavy atom. The molecular formula is C8H7BrClF4N. The normalized spacial score (nSPS) is 13.2. The summed E-state index contributed by atoms with van der Waals surface area (Å²) in [4.78, 5) is 0. The van der Waals surface area contributed by atoms with Crippen molar-refractivity contribution < 1.29 is 17.6 Å². The first-order chi connectivity index (χ1) is 6.30. The molecule has 1 nitrogen and oxygen atoms in total. The van der Waals surface area contributed by atoms with Gasteiger partial charge >= 0.3 is 6.18 Å². The molecule has 2 N–H and O–H groups in total. The Morgan fingerprint density at radius 1 is 1.20 bits per heavy atom. The maximum absolute atomic E-state index is 12.7.